The predicted octanol–water partition coefficient (Wildman–Crippen LogP) is 3.15. The number of sulfone groups is 1. The van der Waals surface area contributed by atoms with Gasteiger partial charge in [0.25, 0.3) is 9.84 Å². The second-order valence-corrected chi connectivity index (χ2v) is 8.80. The molecule has 0 aliphatic rings. The second kappa shape index (κ2) is 7.34. The Bertz CT molecular complexity index is 1230. The number of alkyl halides is 3. The summed E-state index contributed by atoms with van der Waals surface area (Å²) < 4.78 is 63.7. The van der Waals surface area contributed by atoms with Crippen molar-refractivity contribution in [3.8, 4) is 11.6 Å². The smallest absolute Gasteiger partial charge is 0.493 e. The van der Waals surface area contributed by atoms with Crippen LogP contribution < -0.4 is 5.69 Å². The number of rotatable bonds is 4. The van der Waals surface area contributed by atoms with Crippen molar-refractivity contribution in [3.05, 3.63) is 68.9 Å². The molecule has 3 rings (SSSR count). The molecule has 2 aromatic heterocycles. The number of imidazole rings is 1. The van der Waals surface area contributed by atoms with Crippen LogP contribution in [0, 0.1) is 6.92 Å². The van der Waals surface area contributed by atoms with Gasteiger partial charge in [0, 0.05) is 6.20 Å². The SMILES string of the molecule is Cc1c(O)n(-c2ccc(S(=O)(=O)C(F)(F)F)cc2)c(=O)n1Cc1ccnc(Br)c1. The summed E-state index contributed by atoms with van der Waals surface area (Å²) in [5.41, 5.74) is -5.10. The van der Waals surface area contributed by atoms with Crippen molar-refractivity contribution in [2.45, 2.75) is 23.9 Å². The minimum absolute atomic E-state index is 0.0198. The number of aromatic hydroxyl groups is 1. The molecule has 0 fully saturated rings. The zero-order valence-corrected chi connectivity index (χ0v) is 17.1. The molecule has 0 radical (unpaired) electrons. The summed E-state index contributed by atoms with van der Waals surface area (Å²) >= 11 is 3.22. The molecule has 12 heteroatoms. The molecule has 0 unspecified atom stereocenters. The molecule has 2 heterocycles. The lowest BCUT2D eigenvalue weighted by atomic mass is 10.2. The van der Waals surface area contributed by atoms with Gasteiger partial charge in [0.05, 0.1) is 22.8 Å². The number of pyridine rings is 1. The minimum Gasteiger partial charge on any atom is -0.493 e. The van der Waals surface area contributed by atoms with E-state index in [2.05, 4.69) is 20.9 Å². The molecule has 1 N–H and O–H groups in total. The lowest BCUT2D eigenvalue weighted by Gasteiger charge is -2.09. The number of hydrogen-bond donors (Lipinski definition) is 1. The van der Waals surface area contributed by atoms with E-state index in [9.17, 15) is 31.5 Å². The van der Waals surface area contributed by atoms with Crippen LogP contribution >= 0.6 is 15.9 Å². The van der Waals surface area contributed by atoms with E-state index in [1.54, 1.807) is 12.1 Å². The van der Waals surface area contributed by atoms with Gasteiger partial charge < -0.3 is 5.11 Å². The molecule has 0 spiro atoms. The first-order chi connectivity index (χ1) is 13.4. The maximum atomic E-state index is 12.8. The van der Waals surface area contributed by atoms with Gasteiger partial charge >= 0.3 is 11.2 Å². The van der Waals surface area contributed by atoms with Crippen LogP contribution in [0.4, 0.5) is 13.2 Å². The van der Waals surface area contributed by atoms with Crippen LogP contribution in [0.3, 0.4) is 0 Å². The molecule has 0 atom stereocenters. The molecule has 1 aromatic carbocycles. The number of aromatic nitrogens is 3. The summed E-state index contributed by atoms with van der Waals surface area (Å²) in [7, 11) is -5.51. The Hall–Kier alpha value is -2.60. The summed E-state index contributed by atoms with van der Waals surface area (Å²) in [4.78, 5) is 15.8. The molecular formula is C17H13BrF3N3O4S. The highest BCUT2D eigenvalue weighted by atomic mass is 79.9. The quantitative estimate of drug-likeness (QED) is 0.565. The van der Waals surface area contributed by atoms with Crippen LogP contribution in [0.1, 0.15) is 11.3 Å². The maximum Gasteiger partial charge on any atom is 0.501 e. The Kier molecular flexibility index (Phi) is 5.34. The van der Waals surface area contributed by atoms with Crippen molar-refractivity contribution in [1.29, 1.82) is 0 Å². The van der Waals surface area contributed by atoms with E-state index >= 15 is 0 Å². The average Bonchev–Trinajstić information content (AvgIpc) is 2.84. The van der Waals surface area contributed by atoms with Gasteiger partial charge in [0.15, 0.2) is 0 Å². The third kappa shape index (κ3) is 3.81. The molecule has 0 aliphatic carbocycles. The molecule has 29 heavy (non-hydrogen) atoms. The monoisotopic (exact) mass is 491 g/mol. The van der Waals surface area contributed by atoms with Crippen LogP contribution in [0.15, 0.2) is 56.9 Å². The predicted molar refractivity (Wildman–Crippen MR) is 101 cm³/mol. The van der Waals surface area contributed by atoms with Gasteiger partial charge in [-0.2, -0.15) is 13.2 Å². The Morgan fingerprint density at radius 3 is 2.34 bits per heavy atom. The summed E-state index contributed by atoms with van der Waals surface area (Å²) in [6.45, 7) is 1.62. The van der Waals surface area contributed by atoms with Gasteiger partial charge in [-0.25, -0.2) is 22.8 Å². The zero-order valence-electron chi connectivity index (χ0n) is 14.7. The summed E-state index contributed by atoms with van der Waals surface area (Å²) in [5, 5.41) is 10.4. The molecule has 0 amide bonds. The van der Waals surface area contributed by atoms with E-state index in [1.165, 1.54) is 17.7 Å². The van der Waals surface area contributed by atoms with E-state index in [4.69, 9.17) is 0 Å². The van der Waals surface area contributed by atoms with Gasteiger partial charge in [-0.3, -0.25) is 4.57 Å². The number of nitrogens with zero attached hydrogens (tertiary/aromatic N) is 3. The third-order valence-electron chi connectivity index (χ3n) is 4.20. The van der Waals surface area contributed by atoms with Crippen molar-refractivity contribution in [2.24, 2.45) is 0 Å². The van der Waals surface area contributed by atoms with Crippen LogP contribution in [0.25, 0.3) is 5.69 Å². The van der Waals surface area contributed by atoms with Crippen molar-refractivity contribution in [3.63, 3.8) is 0 Å². The Morgan fingerprint density at radius 1 is 1.17 bits per heavy atom. The van der Waals surface area contributed by atoms with E-state index < -0.39 is 31.8 Å². The first kappa shape index (κ1) is 21.1. The van der Waals surface area contributed by atoms with Crippen molar-refractivity contribution < 1.29 is 26.7 Å². The van der Waals surface area contributed by atoms with Gasteiger partial charge in [-0.15, -0.1) is 0 Å². The molecule has 0 saturated heterocycles. The largest absolute Gasteiger partial charge is 0.501 e. The van der Waals surface area contributed by atoms with Gasteiger partial charge in [-0.05, 0) is 64.8 Å². The van der Waals surface area contributed by atoms with Crippen molar-refractivity contribution >= 4 is 25.8 Å². The van der Waals surface area contributed by atoms with Gasteiger partial charge in [0.2, 0.25) is 5.88 Å². The number of halogens is 4. The minimum atomic E-state index is -5.51. The topological polar surface area (TPSA) is 94.2 Å². The average molecular weight is 492 g/mol. The fraction of sp³-hybridized carbons (Fsp3) is 0.176. The van der Waals surface area contributed by atoms with E-state index in [0.717, 1.165) is 34.4 Å². The highest BCUT2D eigenvalue weighted by Crippen LogP contribution is 2.31. The second-order valence-electron chi connectivity index (χ2n) is 6.04. The van der Waals surface area contributed by atoms with Gasteiger partial charge in [0.1, 0.15) is 4.60 Å². The number of hydrogen-bond acceptors (Lipinski definition) is 5. The molecule has 154 valence electrons. The molecule has 0 saturated carbocycles. The first-order valence-electron chi connectivity index (χ1n) is 7.97. The number of benzene rings is 1. The summed E-state index contributed by atoms with van der Waals surface area (Å²) in [6.07, 6.45) is 1.54. The third-order valence-corrected chi connectivity index (χ3v) is 6.14. The Labute approximate surface area is 171 Å². The fourth-order valence-corrected chi connectivity index (χ4v) is 3.86. The molecule has 0 bridgehead atoms. The zero-order chi connectivity index (χ0) is 21.6. The van der Waals surface area contributed by atoms with Crippen LogP contribution in [-0.4, -0.2) is 33.2 Å². The molecular weight excluding hydrogens is 479 g/mol. The van der Waals surface area contributed by atoms with Crippen LogP contribution in [0.5, 0.6) is 5.88 Å². The van der Waals surface area contributed by atoms with E-state index in [-0.39, 0.29) is 17.9 Å². The maximum absolute atomic E-state index is 12.8. The normalized spacial score (nSPS) is 12.3. The lowest BCUT2D eigenvalue weighted by Crippen LogP contribution is -2.25. The van der Waals surface area contributed by atoms with Crippen LogP contribution in [0.2, 0.25) is 0 Å². The van der Waals surface area contributed by atoms with E-state index in [0.29, 0.717) is 4.60 Å². The van der Waals surface area contributed by atoms with Gasteiger partial charge in [-0.1, -0.05) is 0 Å². The summed E-state index contributed by atoms with van der Waals surface area (Å²) in [6, 6.07) is 6.88. The molecule has 0 aliphatic heterocycles. The first-order valence-corrected chi connectivity index (χ1v) is 10.2. The Morgan fingerprint density at radius 2 is 1.79 bits per heavy atom. The highest BCUT2D eigenvalue weighted by molar-refractivity contribution is 9.10. The Balaban J connectivity index is 2.03. The lowest BCUT2D eigenvalue weighted by molar-refractivity contribution is -0.0436. The van der Waals surface area contributed by atoms with Crippen molar-refractivity contribution in [2.75, 3.05) is 0 Å². The van der Waals surface area contributed by atoms with Crippen LogP contribution in [-0.2, 0) is 16.4 Å². The summed E-state index contributed by atoms with van der Waals surface area (Å²) in [5.74, 6) is -0.408. The molecule has 3 aromatic rings. The standard InChI is InChI=1S/C17H13BrF3N3O4S/c1-10-15(25)24(16(26)23(10)9-11-6-7-22-14(18)8-11)12-2-4-13(5-3-12)29(27,28)17(19,20)21/h2-8,25H,9H2,1H3. The molecule has 7 nitrogen and oxygen atoms in total. The highest BCUT2D eigenvalue weighted by Gasteiger charge is 2.46. The van der Waals surface area contributed by atoms with Crippen molar-refractivity contribution in [1.82, 2.24) is 14.1 Å². The fourth-order valence-electron chi connectivity index (χ4n) is 2.69. The van der Waals surface area contributed by atoms with E-state index in [1.807, 2.05) is 0 Å².